The number of para-hydroxylation sites is 3. The van der Waals surface area contributed by atoms with Gasteiger partial charge in [-0.1, -0.05) is 241 Å². The minimum atomic E-state index is -0.618. The first-order chi connectivity index (χ1) is 59.0. The van der Waals surface area contributed by atoms with E-state index in [1.165, 1.54) is 29.2 Å². The van der Waals surface area contributed by atoms with Crippen LogP contribution >= 0.6 is 47.8 Å². The molecule has 0 radical (unpaired) electrons. The number of ether oxygens (including phenoxy) is 1. The summed E-state index contributed by atoms with van der Waals surface area (Å²) in [5, 5.41) is 50.4. The zero-order valence-electron chi connectivity index (χ0n) is 69.6. The smallest absolute Gasteiger partial charge is 0.173 e. The Kier molecular flexibility index (Phi) is 31.1. The zero-order valence-corrected chi connectivity index (χ0v) is 74.4. The van der Waals surface area contributed by atoms with Crippen LogP contribution in [0.1, 0.15) is 128 Å². The first-order valence-corrected chi connectivity index (χ1v) is 42.6. The summed E-state index contributed by atoms with van der Waals surface area (Å²) >= 11 is 10.3. The maximum Gasteiger partial charge on any atom is 0.173 e. The van der Waals surface area contributed by atoms with E-state index in [-0.39, 0.29) is 17.3 Å². The number of halogens is 3. The molecule has 16 nitrogen and oxygen atoms in total. The number of benzene rings is 10. The molecule has 6 aromatic heterocycles. The second kappa shape index (κ2) is 42.9. The van der Waals surface area contributed by atoms with Crippen molar-refractivity contribution in [3.8, 4) is 84.9 Å². The molecule has 0 saturated carbocycles. The standard InChI is InChI=1S/C29H30N2O3.C21H18N2O2.C18H17BrN2.C18H17BrO2.C17H15BrN2O/c1-20(10-11-21(2)32)16-18-34-28-8-5-4-7-25(28)19-26-22(3)30-31-29(26)24-14-12-23(13-15-24)27-9-6-17-33-27;1-14-18(13-17-5-2-3-6-19(17)24)21(23-22-14)16-10-8-15(9-11-16)20-7-4-12-25-20;1-12-5-3-4-6-15(12)11-17-13(2)20-21-18(17)14-7-9-16(19)10-8-14;1-12-5-3-4-6-15(12)11-17(13(2)20)18(21)14-7-9-16(19)10-8-14;1-11-15(10-13-4-2-3-5-16(13)21)17(20-19-11)12-6-8-14(18)9-7-12/h4-9,12-17H,10-11,18-19H2,1-3H3,(H,30,31);2-12,24H,13H2,1H3,(H,22,23);3-10H,11H2,1-2H3,(H,20,21);3-10,17H,11H2,1-2H3;2-9,21H,10H2,1H3,(H,19,20)/b20-16+;;;;. The van der Waals surface area contributed by atoms with Crippen LogP contribution < -0.4 is 4.74 Å². The molecule has 618 valence electrons. The molecule has 0 saturated heterocycles. The number of aromatic amines is 4. The predicted molar refractivity (Wildman–Crippen MR) is 498 cm³/mol. The summed E-state index contributed by atoms with van der Waals surface area (Å²) in [5.41, 5.74) is 28.5. The fourth-order valence-electron chi connectivity index (χ4n) is 14.0. The third-order valence-electron chi connectivity index (χ3n) is 21.3. The van der Waals surface area contributed by atoms with Gasteiger partial charge in [-0.05, 0) is 199 Å². The first-order valence-electron chi connectivity index (χ1n) is 40.3. The van der Waals surface area contributed by atoms with E-state index in [1.54, 1.807) is 43.7 Å². The Bertz CT molecular complexity index is 6030. The molecule has 0 bridgehead atoms. The van der Waals surface area contributed by atoms with Gasteiger partial charge in [0.05, 0.1) is 41.2 Å². The Labute approximate surface area is 737 Å². The molecule has 19 heteroatoms. The van der Waals surface area contributed by atoms with Crippen LogP contribution in [0.5, 0.6) is 17.2 Å². The van der Waals surface area contributed by atoms with E-state index in [9.17, 15) is 24.6 Å². The average molecular weight is 1810 g/mol. The number of rotatable bonds is 25. The van der Waals surface area contributed by atoms with E-state index in [0.29, 0.717) is 55.8 Å². The summed E-state index contributed by atoms with van der Waals surface area (Å²) in [6.45, 7) is 17.9. The summed E-state index contributed by atoms with van der Waals surface area (Å²) in [6.07, 6.45) is 10.1. The van der Waals surface area contributed by atoms with Crippen LogP contribution in [-0.2, 0) is 41.7 Å². The van der Waals surface area contributed by atoms with E-state index < -0.39 is 5.92 Å². The molecule has 16 aromatic rings. The van der Waals surface area contributed by atoms with Gasteiger partial charge in [-0.25, -0.2) is 0 Å². The Balaban J connectivity index is 0.000000141. The number of nitrogens with zero attached hydrogens (tertiary/aromatic N) is 4. The van der Waals surface area contributed by atoms with Crippen LogP contribution in [0.25, 0.3) is 67.7 Å². The number of hydrogen-bond donors (Lipinski definition) is 6. The lowest BCUT2D eigenvalue weighted by molar-refractivity contribution is -0.119. The molecular weight excluding hydrogens is 1720 g/mol. The van der Waals surface area contributed by atoms with Crippen molar-refractivity contribution in [1.82, 2.24) is 40.8 Å². The number of phenolic OH excluding ortho intramolecular Hbond substituents is 2. The molecule has 0 fully saturated rings. The number of furan rings is 2. The SMILES string of the molecule is CC(=O)C(Cc1ccccc1C)C(=O)c1ccc(Br)cc1.CC(=O)CC/C(C)=C/COc1ccccc1Cc1c(-c2ccc(-c3ccco3)cc2)n[nH]c1C.Cc1[nH]nc(-c2ccc(-c3ccco3)cc2)c1Cc1ccccc1O.Cc1[nH]nc(-c2ccc(Br)cc2)c1Cc1ccccc1O.Cc1ccccc1Cc1c(-c2ccc(Br)cc2)n[nH]c1C. The van der Waals surface area contributed by atoms with Crippen molar-refractivity contribution in [2.45, 2.75) is 107 Å². The molecule has 6 heterocycles. The molecule has 0 aliphatic rings. The van der Waals surface area contributed by atoms with Gasteiger partial charge in [0.25, 0.3) is 0 Å². The van der Waals surface area contributed by atoms with Crippen molar-refractivity contribution in [1.29, 1.82) is 0 Å². The van der Waals surface area contributed by atoms with Crippen LogP contribution in [0.4, 0.5) is 0 Å². The maximum atomic E-state index is 12.6. The molecule has 0 aliphatic heterocycles. The second-order valence-electron chi connectivity index (χ2n) is 30.1. The number of allylic oxidation sites excluding steroid dienone is 1. The number of ketones is 3. The van der Waals surface area contributed by atoms with Crippen LogP contribution in [0.2, 0.25) is 0 Å². The molecule has 1 unspecified atom stereocenters. The summed E-state index contributed by atoms with van der Waals surface area (Å²) in [6, 6.07) is 86.9. The van der Waals surface area contributed by atoms with Crippen molar-refractivity contribution in [2.75, 3.05) is 6.61 Å². The fourth-order valence-corrected chi connectivity index (χ4v) is 14.8. The van der Waals surface area contributed by atoms with Gasteiger partial charge in [0.15, 0.2) is 5.78 Å². The van der Waals surface area contributed by atoms with Crippen molar-refractivity contribution in [3.05, 3.63) is 394 Å². The molecule has 122 heavy (non-hydrogen) atoms. The van der Waals surface area contributed by atoms with Gasteiger partial charge < -0.3 is 28.6 Å². The molecule has 10 aromatic carbocycles. The third kappa shape index (κ3) is 23.8. The normalized spacial score (nSPS) is 11.2. The van der Waals surface area contributed by atoms with Crippen LogP contribution in [0, 0.1) is 47.5 Å². The molecule has 0 amide bonds. The van der Waals surface area contributed by atoms with E-state index >= 15 is 0 Å². The van der Waals surface area contributed by atoms with Crippen molar-refractivity contribution in [3.63, 3.8) is 0 Å². The fraction of sp³-hybridized carbons (Fsp3) is 0.175. The largest absolute Gasteiger partial charge is 0.508 e. The lowest BCUT2D eigenvalue weighted by atomic mass is 9.87. The van der Waals surface area contributed by atoms with Crippen molar-refractivity contribution >= 4 is 65.1 Å². The summed E-state index contributed by atoms with van der Waals surface area (Å²) < 4.78 is 20.1. The quantitative estimate of drug-likeness (QED) is 0.0178. The summed E-state index contributed by atoms with van der Waals surface area (Å²) in [7, 11) is 0. The second-order valence-corrected chi connectivity index (χ2v) is 32.8. The van der Waals surface area contributed by atoms with Gasteiger partial charge in [-0.3, -0.25) is 30.0 Å². The van der Waals surface area contributed by atoms with Gasteiger partial charge in [0.2, 0.25) is 0 Å². The monoisotopic (exact) mass is 1810 g/mol. The van der Waals surface area contributed by atoms with Crippen LogP contribution in [-0.4, -0.2) is 75.0 Å². The molecule has 1 atom stereocenters. The third-order valence-corrected chi connectivity index (χ3v) is 22.9. The number of Topliss-reactive ketones (excluding diaryl/α,β-unsaturated/α-hetero) is 3. The Morgan fingerprint density at radius 2 is 0.721 bits per heavy atom. The number of carbonyl (C=O) groups excluding carboxylic acids is 3. The average Bonchev–Trinajstić information content (AvgIpc) is 1.67. The minimum Gasteiger partial charge on any atom is -0.508 e. The first kappa shape index (κ1) is 88.5. The number of phenols is 2. The van der Waals surface area contributed by atoms with E-state index in [1.807, 2.05) is 198 Å². The molecule has 6 N–H and O–H groups in total. The predicted octanol–water partition coefficient (Wildman–Crippen LogP) is 25.8. The highest BCUT2D eigenvalue weighted by Crippen LogP contribution is 2.36. The van der Waals surface area contributed by atoms with Gasteiger partial charge in [0.1, 0.15) is 46.9 Å². The zero-order chi connectivity index (χ0) is 86.2. The Morgan fingerprint density at radius 1 is 0.385 bits per heavy atom. The van der Waals surface area contributed by atoms with Crippen molar-refractivity contribution < 1.29 is 38.2 Å². The van der Waals surface area contributed by atoms with E-state index in [0.717, 1.165) is 167 Å². The molecule has 0 aliphatic carbocycles. The van der Waals surface area contributed by atoms with Crippen LogP contribution in [0.15, 0.2) is 313 Å². The van der Waals surface area contributed by atoms with E-state index in [4.69, 9.17) is 13.6 Å². The Hall–Kier alpha value is -12.8. The number of H-pyrrole nitrogens is 4. The number of hydrogen-bond acceptors (Lipinski definition) is 12. The molecule has 0 spiro atoms. The van der Waals surface area contributed by atoms with Gasteiger partial charge in [0, 0.05) is 129 Å². The highest BCUT2D eigenvalue weighted by Gasteiger charge is 2.26. The molecular formula is C103H97Br3N8O8. The van der Waals surface area contributed by atoms with Gasteiger partial charge in [-0.2, -0.15) is 20.4 Å². The summed E-state index contributed by atoms with van der Waals surface area (Å²) in [5.74, 6) is 2.57. The number of aryl methyl sites for hydroxylation is 6. The minimum absolute atomic E-state index is 0.0915. The summed E-state index contributed by atoms with van der Waals surface area (Å²) in [4.78, 5) is 35.7. The maximum absolute atomic E-state index is 12.6. The topological polar surface area (TPSA) is 242 Å². The number of aromatic hydroxyl groups is 2. The highest BCUT2D eigenvalue weighted by atomic mass is 79.9. The lowest BCUT2D eigenvalue weighted by Gasteiger charge is -2.14. The highest BCUT2D eigenvalue weighted by molar-refractivity contribution is 9.11. The van der Waals surface area contributed by atoms with Crippen LogP contribution in [0.3, 0.4) is 0 Å². The van der Waals surface area contributed by atoms with Crippen molar-refractivity contribution in [2.24, 2.45) is 5.92 Å². The number of aromatic nitrogens is 8. The number of carbonyl (C=O) groups is 3. The molecule has 16 rings (SSSR count). The van der Waals surface area contributed by atoms with Gasteiger partial charge in [-0.15, -0.1) is 0 Å². The number of nitrogens with one attached hydrogen (secondary N) is 4. The Morgan fingerprint density at radius 3 is 1.10 bits per heavy atom. The van der Waals surface area contributed by atoms with E-state index in [2.05, 4.69) is 187 Å². The lowest BCUT2D eigenvalue weighted by Crippen LogP contribution is -2.24. The van der Waals surface area contributed by atoms with Gasteiger partial charge >= 0.3 is 0 Å².